The topological polar surface area (TPSA) is 39.7 Å². The first-order chi connectivity index (χ1) is 16.7. The molecule has 2 unspecified atom stereocenters. The lowest BCUT2D eigenvalue weighted by molar-refractivity contribution is 0.00927. The average molecular weight is 468 g/mol. The van der Waals surface area contributed by atoms with Gasteiger partial charge in [-0.1, -0.05) is 42.5 Å². The Labute approximate surface area is 199 Å². The van der Waals surface area contributed by atoms with E-state index >= 15 is 0 Å². The van der Waals surface area contributed by atoms with Gasteiger partial charge in [-0.25, -0.2) is 8.78 Å². The first kappa shape index (κ1) is 24.3. The summed E-state index contributed by atoms with van der Waals surface area (Å²) >= 11 is 0. The number of hydrogen-bond donors (Lipinski definition) is 1. The number of rotatable bonds is 11. The highest BCUT2D eigenvalue weighted by Gasteiger charge is 2.27. The smallest absolute Gasteiger partial charge is 0.128 e. The lowest BCUT2D eigenvalue weighted by Gasteiger charge is -2.32. The molecule has 4 nitrogen and oxygen atoms in total. The predicted octanol–water partition coefficient (Wildman–Crippen LogP) is 5.61. The van der Waals surface area contributed by atoms with Crippen LogP contribution in [0.5, 0.6) is 5.75 Å². The predicted molar refractivity (Wildman–Crippen MR) is 128 cm³/mol. The van der Waals surface area contributed by atoms with Gasteiger partial charge >= 0.3 is 0 Å². The van der Waals surface area contributed by atoms with Crippen LogP contribution in [0.1, 0.15) is 35.4 Å². The Morgan fingerprint density at radius 1 is 0.882 bits per heavy atom. The second-order valence-corrected chi connectivity index (χ2v) is 8.49. The van der Waals surface area contributed by atoms with Crippen LogP contribution in [-0.4, -0.2) is 32.4 Å². The van der Waals surface area contributed by atoms with Gasteiger partial charge in [-0.2, -0.15) is 0 Å². The van der Waals surface area contributed by atoms with Gasteiger partial charge in [-0.3, -0.25) is 0 Å². The quantitative estimate of drug-likeness (QED) is 0.372. The van der Waals surface area contributed by atoms with E-state index in [2.05, 4.69) is 29.6 Å². The molecule has 0 aliphatic carbocycles. The Morgan fingerprint density at radius 2 is 1.71 bits per heavy atom. The van der Waals surface area contributed by atoms with E-state index in [-0.39, 0.29) is 24.2 Å². The van der Waals surface area contributed by atoms with E-state index in [0.717, 1.165) is 42.8 Å². The minimum Gasteiger partial charge on any atom is -0.494 e. The van der Waals surface area contributed by atoms with E-state index in [9.17, 15) is 8.78 Å². The van der Waals surface area contributed by atoms with E-state index in [1.165, 1.54) is 11.6 Å². The third kappa shape index (κ3) is 7.10. The van der Waals surface area contributed by atoms with Crippen LogP contribution in [0, 0.1) is 11.6 Å². The largest absolute Gasteiger partial charge is 0.494 e. The Kier molecular flexibility index (Phi) is 9.02. The fourth-order valence-electron chi connectivity index (χ4n) is 4.16. The Morgan fingerprint density at radius 3 is 2.53 bits per heavy atom. The molecule has 0 amide bonds. The number of hydrogen-bond acceptors (Lipinski definition) is 4. The molecule has 4 rings (SSSR count). The molecule has 0 radical (unpaired) electrons. The molecule has 0 aromatic heterocycles. The van der Waals surface area contributed by atoms with E-state index < -0.39 is 11.6 Å². The molecule has 0 spiro atoms. The van der Waals surface area contributed by atoms with Gasteiger partial charge in [0.25, 0.3) is 0 Å². The SMILES string of the molecule is Fc1ccc(F)c(COC2CNCCC2c2ccc(OCCCOCc3ccccc3)cc2)c1. The second kappa shape index (κ2) is 12.6. The molecule has 0 bridgehead atoms. The van der Waals surface area contributed by atoms with E-state index in [1.807, 2.05) is 30.3 Å². The summed E-state index contributed by atoms with van der Waals surface area (Å²) in [6.45, 7) is 3.45. The molecule has 1 N–H and O–H groups in total. The van der Waals surface area contributed by atoms with E-state index in [1.54, 1.807) is 0 Å². The Bertz CT molecular complexity index is 1010. The summed E-state index contributed by atoms with van der Waals surface area (Å²) in [4.78, 5) is 0. The third-order valence-corrected chi connectivity index (χ3v) is 6.01. The molecule has 0 saturated carbocycles. The van der Waals surface area contributed by atoms with Crippen LogP contribution in [0.15, 0.2) is 72.8 Å². The van der Waals surface area contributed by atoms with E-state index in [4.69, 9.17) is 14.2 Å². The van der Waals surface area contributed by atoms with Crippen molar-refractivity contribution in [3.63, 3.8) is 0 Å². The molecular weight excluding hydrogens is 436 g/mol. The molecule has 1 aliphatic rings. The summed E-state index contributed by atoms with van der Waals surface area (Å²) in [6, 6.07) is 21.6. The minimum atomic E-state index is -0.461. The first-order valence-corrected chi connectivity index (χ1v) is 11.8. The zero-order valence-corrected chi connectivity index (χ0v) is 19.2. The molecule has 180 valence electrons. The van der Waals surface area contributed by atoms with Crippen LogP contribution in [0.2, 0.25) is 0 Å². The lowest BCUT2D eigenvalue weighted by Crippen LogP contribution is -2.41. The maximum atomic E-state index is 14.0. The normalized spacial score (nSPS) is 18.1. The highest BCUT2D eigenvalue weighted by molar-refractivity contribution is 5.30. The van der Waals surface area contributed by atoms with Crippen LogP contribution < -0.4 is 10.1 Å². The van der Waals surface area contributed by atoms with Crippen molar-refractivity contribution in [2.24, 2.45) is 0 Å². The van der Waals surface area contributed by atoms with Crippen molar-refractivity contribution in [2.45, 2.75) is 38.1 Å². The zero-order chi connectivity index (χ0) is 23.6. The van der Waals surface area contributed by atoms with Crippen LogP contribution in [0.25, 0.3) is 0 Å². The maximum absolute atomic E-state index is 14.0. The van der Waals surface area contributed by atoms with Gasteiger partial charge in [-0.05, 0) is 54.4 Å². The van der Waals surface area contributed by atoms with Crippen molar-refractivity contribution >= 4 is 0 Å². The summed E-state index contributed by atoms with van der Waals surface area (Å²) in [5, 5.41) is 3.33. The summed E-state index contributed by atoms with van der Waals surface area (Å²) in [7, 11) is 0. The zero-order valence-electron chi connectivity index (χ0n) is 19.2. The summed E-state index contributed by atoms with van der Waals surface area (Å²) in [5.41, 5.74) is 2.56. The average Bonchev–Trinajstić information content (AvgIpc) is 2.88. The monoisotopic (exact) mass is 467 g/mol. The summed E-state index contributed by atoms with van der Waals surface area (Å²) < 4.78 is 45.0. The molecule has 1 aliphatic heterocycles. The Hall–Kier alpha value is -2.80. The molecule has 3 aromatic rings. The highest BCUT2D eigenvalue weighted by Crippen LogP contribution is 2.30. The second-order valence-electron chi connectivity index (χ2n) is 8.49. The van der Waals surface area contributed by atoms with Crippen LogP contribution in [0.4, 0.5) is 8.78 Å². The Balaban J connectivity index is 1.23. The molecule has 3 aromatic carbocycles. The van der Waals surface area contributed by atoms with E-state index in [0.29, 0.717) is 26.4 Å². The van der Waals surface area contributed by atoms with Gasteiger partial charge in [0.1, 0.15) is 17.4 Å². The molecular formula is C28H31F2NO3. The summed E-state index contributed by atoms with van der Waals surface area (Å²) in [5.74, 6) is 0.0868. The van der Waals surface area contributed by atoms with Gasteiger partial charge in [0.05, 0.1) is 32.5 Å². The number of benzene rings is 3. The van der Waals surface area contributed by atoms with Crippen molar-refractivity contribution in [2.75, 3.05) is 26.3 Å². The van der Waals surface area contributed by atoms with Gasteiger partial charge in [0, 0.05) is 24.4 Å². The van der Waals surface area contributed by atoms with Gasteiger partial charge in [0.2, 0.25) is 0 Å². The fraction of sp³-hybridized carbons (Fsp3) is 0.357. The van der Waals surface area contributed by atoms with Crippen molar-refractivity contribution in [1.82, 2.24) is 5.32 Å². The van der Waals surface area contributed by atoms with Gasteiger partial charge in [-0.15, -0.1) is 0 Å². The van der Waals surface area contributed by atoms with Crippen LogP contribution in [0.3, 0.4) is 0 Å². The molecule has 1 fully saturated rings. The van der Waals surface area contributed by atoms with Crippen molar-refractivity contribution in [3.05, 3.63) is 101 Å². The van der Waals surface area contributed by atoms with Gasteiger partial charge in [0.15, 0.2) is 0 Å². The number of nitrogens with one attached hydrogen (secondary N) is 1. The highest BCUT2D eigenvalue weighted by atomic mass is 19.1. The fourth-order valence-corrected chi connectivity index (χ4v) is 4.16. The van der Waals surface area contributed by atoms with Crippen molar-refractivity contribution < 1.29 is 23.0 Å². The number of halogens is 2. The van der Waals surface area contributed by atoms with Gasteiger partial charge < -0.3 is 19.5 Å². The van der Waals surface area contributed by atoms with Crippen LogP contribution >= 0.6 is 0 Å². The standard InChI is InChI=1S/C28H31F2NO3/c29-24-9-12-27(30)23(17-24)20-34-28-18-31-14-13-26(28)22-7-10-25(11-8-22)33-16-4-15-32-19-21-5-2-1-3-6-21/h1-3,5-12,17,26,28,31H,4,13-16,18-20H2. The molecule has 2 atom stereocenters. The van der Waals surface area contributed by atoms with Crippen LogP contribution in [-0.2, 0) is 22.7 Å². The minimum absolute atomic E-state index is 0.0416. The molecule has 6 heteroatoms. The first-order valence-electron chi connectivity index (χ1n) is 11.8. The molecule has 1 heterocycles. The number of ether oxygens (including phenoxy) is 3. The maximum Gasteiger partial charge on any atom is 0.128 e. The van der Waals surface area contributed by atoms with Crippen molar-refractivity contribution in [1.29, 1.82) is 0 Å². The summed E-state index contributed by atoms with van der Waals surface area (Å²) in [6.07, 6.45) is 1.61. The molecule has 1 saturated heterocycles. The molecule has 34 heavy (non-hydrogen) atoms. The number of piperidine rings is 1. The van der Waals surface area contributed by atoms with Crippen molar-refractivity contribution in [3.8, 4) is 5.75 Å². The third-order valence-electron chi connectivity index (χ3n) is 6.01. The lowest BCUT2D eigenvalue weighted by atomic mass is 9.87.